The van der Waals surface area contributed by atoms with E-state index in [2.05, 4.69) is 10.2 Å². The number of nitrogens with two attached hydrogens (primary N) is 1. The molecule has 0 saturated carbocycles. The zero-order chi connectivity index (χ0) is 15.4. The van der Waals surface area contributed by atoms with E-state index >= 15 is 0 Å². The Bertz CT molecular complexity index is 611. The first kappa shape index (κ1) is 15.6. The molecule has 0 spiro atoms. The molecular formula is C13H17N5OS2. The van der Waals surface area contributed by atoms with Crippen molar-refractivity contribution in [3.63, 3.8) is 0 Å². The molecule has 6 nitrogen and oxygen atoms in total. The van der Waals surface area contributed by atoms with Crippen LogP contribution in [-0.2, 0) is 4.79 Å². The number of hydrogen-bond acceptors (Lipinski definition) is 7. The molecule has 0 aliphatic carbocycles. The number of carbonyl (C=O) groups is 1. The molecule has 2 rings (SSSR count). The van der Waals surface area contributed by atoms with Crippen LogP contribution in [0, 0.1) is 0 Å². The summed E-state index contributed by atoms with van der Waals surface area (Å²) >= 11 is 2.87. The number of anilines is 3. The van der Waals surface area contributed by atoms with Crippen molar-refractivity contribution in [3.05, 3.63) is 24.3 Å². The number of amides is 1. The smallest absolute Gasteiger partial charge is 0.237 e. The van der Waals surface area contributed by atoms with Gasteiger partial charge in [0.2, 0.25) is 11.0 Å². The Morgan fingerprint density at radius 2 is 1.90 bits per heavy atom. The van der Waals surface area contributed by atoms with E-state index in [0.717, 1.165) is 15.2 Å². The molecule has 1 aromatic carbocycles. The van der Waals surface area contributed by atoms with Crippen LogP contribution >= 0.6 is 23.1 Å². The van der Waals surface area contributed by atoms with Crippen molar-refractivity contribution in [2.24, 2.45) is 0 Å². The summed E-state index contributed by atoms with van der Waals surface area (Å²) < 4.78 is 0.790. The van der Waals surface area contributed by atoms with Crippen molar-refractivity contribution >= 4 is 45.5 Å². The number of rotatable bonds is 5. The number of thioether (sulfide) groups is 1. The van der Waals surface area contributed by atoms with E-state index < -0.39 is 0 Å². The first-order chi connectivity index (χ1) is 9.97. The fraction of sp³-hybridized carbons (Fsp3) is 0.308. The molecule has 0 aliphatic rings. The van der Waals surface area contributed by atoms with Crippen molar-refractivity contribution in [1.29, 1.82) is 0 Å². The Balaban J connectivity index is 1.93. The number of hydrogen-bond donors (Lipinski definition) is 1. The molecule has 0 fully saturated rings. The van der Waals surface area contributed by atoms with Crippen LogP contribution in [-0.4, -0.2) is 43.0 Å². The zero-order valence-corrected chi connectivity index (χ0v) is 13.7. The average molecular weight is 323 g/mol. The van der Waals surface area contributed by atoms with Crippen LogP contribution in [0.3, 0.4) is 0 Å². The first-order valence-electron chi connectivity index (χ1n) is 6.23. The summed E-state index contributed by atoms with van der Waals surface area (Å²) in [6.07, 6.45) is 0. The van der Waals surface area contributed by atoms with Crippen LogP contribution in [0.15, 0.2) is 28.6 Å². The Morgan fingerprint density at radius 3 is 2.48 bits per heavy atom. The molecule has 2 N–H and O–H groups in total. The number of aromatic nitrogens is 2. The molecule has 0 atom stereocenters. The molecule has 0 saturated heterocycles. The fourth-order valence-electron chi connectivity index (χ4n) is 1.50. The molecule has 0 unspecified atom stereocenters. The molecular weight excluding hydrogens is 306 g/mol. The lowest BCUT2D eigenvalue weighted by Crippen LogP contribution is -2.27. The van der Waals surface area contributed by atoms with Crippen LogP contribution in [0.5, 0.6) is 0 Å². The second kappa shape index (κ2) is 6.77. The highest BCUT2D eigenvalue weighted by Crippen LogP contribution is 2.27. The lowest BCUT2D eigenvalue weighted by atomic mass is 10.2. The Labute approximate surface area is 132 Å². The third-order valence-corrected chi connectivity index (χ3v) is 4.96. The Morgan fingerprint density at radius 1 is 1.24 bits per heavy atom. The molecule has 1 amide bonds. The van der Waals surface area contributed by atoms with Crippen LogP contribution in [0.25, 0.3) is 0 Å². The number of nitrogens with zero attached hydrogens (tertiary/aromatic N) is 4. The van der Waals surface area contributed by atoms with Gasteiger partial charge < -0.3 is 15.5 Å². The van der Waals surface area contributed by atoms with Gasteiger partial charge in [-0.15, -0.1) is 10.2 Å². The van der Waals surface area contributed by atoms with Gasteiger partial charge in [-0.05, 0) is 24.3 Å². The van der Waals surface area contributed by atoms with Gasteiger partial charge in [0.05, 0.1) is 5.75 Å². The molecule has 1 heterocycles. The zero-order valence-electron chi connectivity index (χ0n) is 12.1. The average Bonchev–Trinajstić information content (AvgIpc) is 2.94. The Kier molecular flexibility index (Phi) is 5.03. The molecule has 8 heteroatoms. The monoisotopic (exact) mass is 323 g/mol. The third-order valence-electron chi connectivity index (χ3n) is 2.75. The predicted octanol–water partition coefficient (Wildman–Crippen LogP) is 1.94. The summed E-state index contributed by atoms with van der Waals surface area (Å²) in [4.78, 5) is 15.7. The molecule has 1 aromatic heterocycles. The summed E-state index contributed by atoms with van der Waals surface area (Å²) in [5.41, 5.74) is 7.14. The van der Waals surface area contributed by atoms with Crippen LogP contribution in [0.2, 0.25) is 0 Å². The van der Waals surface area contributed by atoms with Gasteiger partial charge in [-0.2, -0.15) is 0 Å². The minimum atomic E-state index is 0.00590. The molecule has 112 valence electrons. The van der Waals surface area contributed by atoms with E-state index in [9.17, 15) is 4.79 Å². The lowest BCUT2D eigenvalue weighted by Gasteiger charge is -2.16. The topological polar surface area (TPSA) is 75.4 Å². The highest BCUT2D eigenvalue weighted by Gasteiger charge is 2.13. The van der Waals surface area contributed by atoms with E-state index in [1.807, 2.05) is 31.1 Å². The lowest BCUT2D eigenvalue weighted by molar-refractivity contribution is -0.115. The molecule has 0 bridgehead atoms. The standard InChI is InChI=1S/C13H17N5OS2/c1-17(2)12-15-16-13(21-12)20-8-11(19)18(3)10-6-4-9(14)5-7-10/h4-7H,8,14H2,1-3H3. The van der Waals surface area contributed by atoms with Gasteiger partial charge in [0.25, 0.3) is 0 Å². The normalized spacial score (nSPS) is 10.4. The van der Waals surface area contributed by atoms with Gasteiger partial charge in [0.15, 0.2) is 4.34 Å². The second-order valence-corrected chi connectivity index (χ2v) is 6.76. The summed E-state index contributed by atoms with van der Waals surface area (Å²) in [6.45, 7) is 0. The van der Waals surface area contributed by atoms with Gasteiger partial charge in [-0.3, -0.25) is 4.79 Å². The summed E-state index contributed by atoms with van der Waals surface area (Å²) in [6, 6.07) is 7.21. The van der Waals surface area contributed by atoms with E-state index in [4.69, 9.17) is 5.73 Å². The highest BCUT2D eigenvalue weighted by molar-refractivity contribution is 8.01. The summed E-state index contributed by atoms with van der Waals surface area (Å²) in [5.74, 6) is 0.328. The minimum absolute atomic E-state index is 0.00590. The van der Waals surface area contributed by atoms with Crippen molar-refractivity contribution in [3.8, 4) is 0 Å². The molecule has 2 aromatic rings. The van der Waals surface area contributed by atoms with Crippen molar-refractivity contribution in [2.45, 2.75) is 4.34 Å². The van der Waals surface area contributed by atoms with E-state index in [0.29, 0.717) is 11.4 Å². The van der Waals surface area contributed by atoms with Crippen LogP contribution in [0.4, 0.5) is 16.5 Å². The van der Waals surface area contributed by atoms with Gasteiger partial charge in [-0.25, -0.2) is 0 Å². The quantitative estimate of drug-likeness (QED) is 0.669. The van der Waals surface area contributed by atoms with E-state index in [-0.39, 0.29) is 5.91 Å². The van der Waals surface area contributed by atoms with Gasteiger partial charge in [0, 0.05) is 32.5 Å². The maximum Gasteiger partial charge on any atom is 0.237 e. The highest BCUT2D eigenvalue weighted by atomic mass is 32.2. The molecule has 21 heavy (non-hydrogen) atoms. The van der Waals surface area contributed by atoms with Gasteiger partial charge in [0.1, 0.15) is 0 Å². The SMILES string of the molecule is CN(C)c1nnc(SCC(=O)N(C)c2ccc(N)cc2)s1. The third kappa shape index (κ3) is 4.08. The largest absolute Gasteiger partial charge is 0.399 e. The van der Waals surface area contributed by atoms with Crippen molar-refractivity contribution in [1.82, 2.24) is 10.2 Å². The van der Waals surface area contributed by atoms with Crippen molar-refractivity contribution in [2.75, 3.05) is 42.4 Å². The van der Waals surface area contributed by atoms with Crippen LogP contribution < -0.4 is 15.5 Å². The number of nitrogen functional groups attached to an aromatic ring is 1. The van der Waals surface area contributed by atoms with E-state index in [1.165, 1.54) is 23.1 Å². The Hall–Kier alpha value is -1.80. The van der Waals surface area contributed by atoms with Crippen LogP contribution in [0.1, 0.15) is 0 Å². The van der Waals surface area contributed by atoms with Gasteiger partial charge in [-0.1, -0.05) is 23.1 Å². The van der Waals surface area contributed by atoms with E-state index in [1.54, 1.807) is 24.1 Å². The van der Waals surface area contributed by atoms with Crippen molar-refractivity contribution < 1.29 is 4.79 Å². The summed E-state index contributed by atoms with van der Waals surface area (Å²) in [5, 5.41) is 8.93. The maximum atomic E-state index is 12.2. The predicted molar refractivity (Wildman–Crippen MR) is 89.2 cm³/mol. The summed E-state index contributed by atoms with van der Waals surface area (Å²) in [7, 11) is 5.57. The fourth-order valence-corrected chi connectivity index (χ4v) is 3.18. The first-order valence-corrected chi connectivity index (χ1v) is 8.03. The molecule has 0 aliphatic heterocycles. The number of benzene rings is 1. The minimum Gasteiger partial charge on any atom is -0.399 e. The maximum absolute atomic E-state index is 12.2. The van der Waals surface area contributed by atoms with Gasteiger partial charge >= 0.3 is 0 Å². The molecule has 0 radical (unpaired) electrons. The second-order valence-electron chi connectivity index (χ2n) is 4.58. The number of carbonyl (C=O) groups excluding carboxylic acids is 1.